The third-order valence-corrected chi connectivity index (χ3v) is 6.15. The Morgan fingerprint density at radius 3 is 2.48 bits per heavy atom. The van der Waals surface area contributed by atoms with Crippen LogP contribution in [0.25, 0.3) is 0 Å². The number of ketones is 1. The largest absolute Gasteiger partial charge is 0.497 e. The number of carbonyl (C=O) groups is 3. The van der Waals surface area contributed by atoms with E-state index in [9.17, 15) is 14.4 Å². The van der Waals surface area contributed by atoms with E-state index in [4.69, 9.17) is 18.9 Å². The summed E-state index contributed by atoms with van der Waals surface area (Å²) in [5, 5.41) is 3.24. The monoisotopic (exact) mass is 457 g/mol. The lowest BCUT2D eigenvalue weighted by molar-refractivity contribution is -0.151. The van der Waals surface area contributed by atoms with Crippen LogP contribution in [0.3, 0.4) is 0 Å². The van der Waals surface area contributed by atoms with Gasteiger partial charge in [0, 0.05) is 22.5 Å². The fraction of sp³-hybridized carbons (Fsp3) is 0.480. The van der Waals surface area contributed by atoms with E-state index in [-0.39, 0.29) is 18.3 Å². The summed E-state index contributed by atoms with van der Waals surface area (Å²) >= 11 is 0. The van der Waals surface area contributed by atoms with Crippen LogP contribution >= 0.6 is 0 Å². The smallest absolute Gasteiger partial charge is 0.336 e. The quantitative estimate of drug-likeness (QED) is 0.492. The summed E-state index contributed by atoms with van der Waals surface area (Å²) < 4.78 is 21.4. The lowest BCUT2D eigenvalue weighted by Crippen LogP contribution is -2.43. The number of nitrogens with one attached hydrogen (secondary N) is 1. The molecule has 0 fully saturated rings. The van der Waals surface area contributed by atoms with Gasteiger partial charge in [-0.15, -0.1) is 0 Å². The minimum absolute atomic E-state index is 0.249. The van der Waals surface area contributed by atoms with E-state index in [0.717, 1.165) is 0 Å². The van der Waals surface area contributed by atoms with Crippen molar-refractivity contribution in [2.45, 2.75) is 39.5 Å². The van der Waals surface area contributed by atoms with Gasteiger partial charge in [-0.1, -0.05) is 13.8 Å². The van der Waals surface area contributed by atoms with Crippen LogP contribution in [-0.4, -0.2) is 45.7 Å². The van der Waals surface area contributed by atoms with E-state index in [1.54, 1.807) is 25.1 Å². The van der Waals surface area contributed by atoms with Crippen LogP contribution in [0.2, 0.25) is 0 Å². The predicted octanol–water partition coefficient (Wildman–Crippen LogP) is 3.27. The van der Waals surface area contributed by atoms with Gasteiger partial charge in [-0.3, -0.25) is 9.59 Å². The first-order valence-corrected chi connectivity index (χ1v) is 11.0. The highest BCUT2D eigenvalue weighted by Crippen LogP contribution is 2.48. The maximum atomic E-state index is 13.8. The second-order valence-corrected chi connectivity index (χ2v) is 8.28. The lowest BCUT2D eigenvalue weighted by atomic mass is 9.69. The van der Waals surface area contributed by atoms with E-state index in [1.807, 2.05) is 13.8 Å². The standard InChI is InChI=1S/C25H31NO7/c1-7-10-33-25(29)20-14(3)26-17-11-13(2)19(24(28)32-6)23(27)22(17)21(20)16-12-15(30-4)8-9-18(16)31-5/h8-9,12-13,19,21,26H,7,10-11H2,1-6H3. The van der Waals surface area contributed by atoms with Crippen LogP contribution < -0.4 is 14.8 Å². The lowest BCUT2D eigenvalue weighted by Gasteiger charge is -2.38. The van der Waals surface area contributed by atoms with Crippen LogP contribution in [0.1, 0.15) is 45.1 Å². The van der Waals surface area contributed by atoms with E-state index in [1.165, 1.54) is 21.3 Å². The van der Waals surface area contributed by atoms with Gasteiger partial charge in [0.2, 0.25) is 0 Å². The molecule has 33 heavy (non-hydrogen) atoms. The Morgan fingerprint density at radius 2 is 1.88 bits per heavy atom. The molecule has 1 aromatic rings. The molecule has 0 amide bonds. The number of Topliss-reactive ketones (excluding diaryl/α,β-unsaturated/α-hetero) is 1. The summed E-state index contributed by atoms with van der Waals surface area (Å²) in [7, 11) is 4.33. The number of dihydropyridines is 1. The molecule has 8 heteroatoms. The Morgan fingerprint density at radius 1 is 1.15 bits per heavy atom. The summed E-state index contributed by atoms with van der Waals surface area (Å²) in [6.07, 6.45) is 1.12. The fourth-order valence-corrected chi connectivity index (χ4v) is 4.60. The molecule has 1 heterocycles. The number of benzene rings is 1. The maximum absolute atomic E-state index is 13.8. The van der Waals surface area contributed by atoms with Gasteiger partial charge in [-0.25, -0.2) is 4.79 Å². The van der Waals surface area contributed by atoms with Crippen LogP contribution in [0.5, 0.6) is 11.5 Å². The Kier molecular flexibility index (Phi) is 7.46. The Bertz CT molecular complexity index is 1020. The number of methoxy groups -OCH3 is 3. The van der Waals surface area contributed by atoms with Gasteiger partial charge in [-0.05, 0) is 43.9 Å². The molecule has 1 aromatic carbocycles. The van der Waals surface area contributed by atoms with Crippen molar-refractivity contribution >= 4 is 17.7 Å². The second kappa shape index (κ2) is 10.1. The molecule has 0 aromatic heterocycles. The summed E-state index contributed by atoms with van der Waals surface area (Å²) in [4.78, 5) is 39.5. The van der Waals surface area contributed by atoms with Crippen molar-refractivity contribution in [2.75, 3.05) is 27.9 Å². The topological polar surface area (TPSA) is 100 Å². The van der Waals surface area contributed by atoms with Gasteiger partial charge in [0.15, 0.2) is 5.78 Å². The van der Waals surface area contributed by atoms with Gasteiger partial charge < -0.3 is 24.3 Å². The fourth-order valence-electron chi connectivity index (χ4n) is 4.60. The molecule has 0 bridgehead atoms. The Labute approximate surface area is 193 Å². The van der Waals surface area contributed by atoms with E-state index in [2.05, 4.69) is 5.32 Å². The average molecular weight is 458 g/mol. The first-order chi connectivity index (χ1) is 15.8. The Hall–Kier alpha value is -3.29. The molecule has 1 aliphatic carbocycles. The van der Waals surface area contributed by atoms with Gasteiger partial charge in [0.1, 0.15) is 17.4 Å². The van der Waals surface area contributed by atoms with Crippen molar-refractivity contribution in [1.29, 1.82) is 0 Å². The molecular weight excluding hydrogens is 426 g/mol. The van der Waals surface area contributed by atoms with Gasteiger partial charge in [-0.2, -0.15) is 0 Å². The average Bonchev–Trinajstić information content (AvgIpc) is 2.80. The van der Waals surface area contributed by atoms with Crippen molar-refractivity contribution in [3.8, 4) is 11.5 Å². The maximum Gasteiger partial charge on any atom is 0.336 e. The van der Waals surface area contributed by atoms with Crippen LogP contribution in [0, 0.1) is 11.8 Å². The summed E-state index contributed by atoms with van der Waals surface area (Å²) in [6, 6.07) is 5.22. The molecular formula is C25H31NO7. The zero-order valence-electron chi connectivity index (χ0n) is 19.9. The minimum atomic E-state index is -0.957. The van der Waals surface area contributed by atoms with Gasteiger partial charge >= 0.3 is 11.9 Å². The first-order valence-electron chi connectivity index (χ1n) is 11.0. The van der Waals surface area contributed by atoms with Crippen LogP contribution in [0.15, 0.2) is 40.7 Å². The molecule has 0 radical (unpaired) electrons. The number of esters is 2. The normalized spacial score (nSPS) is 22.4. The van der Waals surface area contributed by atoms with Crippen molar-refractivity contribution in [1.82, 2.24) is 5.32 Å². The molecule has 0 saturated heterocycles. The molecule has 2 aliphatic rings. The SMILES string of the molecule is CCCOC(=O)C1=C(C)NC2=C(C(=O)C(C(=O)OC)C(C)C2)C1c1cc(OC)ccc1OC. The third-order valence-electron chi connectivity index (χ3n) is 6.15. The number of allylic oxidation sites excluding steroid dienone is 3. The Balaban J connectivity index is 2.25. The summed E-state index contributed by atoms with van der Waals surface area (Å²) in [5.74, 6) is -2.45. The molecule has 3 rings (SSSR count). The van der Waals surface area contributed by atoms with Crippen molar-refractivity contribution in [3.63, 3.8) is 0 Å². The third kappa shape index (κ3) is 4.47. The van der Waals surface area contributed by atoms with E-state index < -0.39 is 23.8 Å². The minimum Gasteiger partial charge on any atom is -0.497 e. The molecule has 1 aliphatic heterocycles. The second-order valence-electron chi connectivity index (χ2n) is 8.28. The van der Waals surface area contributed by atoms with E-state index >= 15 is 0 Å². The number of ether oxygens (including phenoxy) is 4. The molecule has 8 nitrogen and oxygen atoms in total. The molecule has 0 spiro atoms. The van der Waals surface area contributed by atoms with Gasteiger partial charge in [0.25, 0.3) is 0 Å². The number of carbonyl (C=O) groups excluding carboxylic acids is 3. The number of rotatable bonds is 7. The predicted molar refractivity (Wildman–Crippen MR) is 121 cm³/mol. The molecule has 0 saturated carbocycles. The van der Waals surface area contributed by atoms with E-state index in [0.29, 0.717) is 52.4 Å². The number of hydrogen-bond donors (Lipinski definition) is 1. The first kappa shape index (κ1) is 24.4. The number of hydrogen-bond acceptors (Lipinski definition) is 8. The van der Waals surface area contributed by atoms with Crippen LogP contribution in [0.4, 0.5) is 0 Å². The van der Waals surface area contributed by atoms with Crippen molar-refractivity contribution in [2.24, 2.45) is 11.8 Å². The van der Waals surface area contributed by atoms with Gasteiger partial charge in [0.05, 0.1) is 39.4 Å². The highest BCUT2D eigenvalue weighted by Gasteiger charge is 2.48. The molecule has 1 N–H and O–H groups in total. The van der Waals surface area contributed by atoms with Crippen molar-refractivity contribution < 1.29 is 33.3 Å². The molecule has 3 unspecified atom stereocenters. The van der Waals surface area contributed by atoms with Crippen molar-refractivity contribution in [3.05, 3.63) is 46.3 Å². The highest BCUT2D eigenvalue weighted by molar-refractivity contribution is 6.12. The molecule has 178 valence electrons. The zero-order chi connectivity index (χ0) is 24.3. The molecule has 3 atom stereocenters. The summed E-state index contributed by atoms with van der Waals surface area (Å²) in [6.45, 7) is 5.78. The zero-order valence-corrected chi connectivity index (χ0v) is 19.9. The highest BCUT2D eigenvalue weighted by atomic mass is 16.5. The van der Waals surface area contributed by atoms with Crippen LogP contribution in [-0.2, 0) is 23.9 Å². The summed E-state index contributed by atoms with van der Waals surface area (Å²) in [5.41, 5.74) is 2.53.